The minimum atomic E-state index is -0.513. The van der Waals surface area contributed by atoms with Crippen LogP contribution in [0, 0.1) is 13.8 Å². The van der Waals surface area contributed by atoms with Crippen LogP contribution in [0.5, 0.6) is 0 Å². The summed E-state index contributed by atoms with van der Waals surface area (Å²) in [5, 5.41) is 3.17. The zero-order valence-corrected chi connectivity index (χ0v) is 18.8. The second-order valence-electron chi connectivity index (χ2n) is 7.49. The molecule has 2 aliphatic rings. The number of rotatable bonds is 3. The number of anilines is 2. The van der Waals surface area contributed by atoms with E-state index >= 15 is 0 Å². The number of aryl methyl sites for hydroxylation is 1. The lowest BCUT2D eigenvalue weighted by Crippen LogP contribution is -2.54. The summed E-state index contributed by atoms with van der Waals surface area (Å²) in [4.78, 5) is 29.4. The van der Waals surface area contributed by atoms with E-state index in [-0.39, 0.29) is 10.7 Å². The smallest absolute Gasteiger partial charge is 0.270 e. The number of nitrogens with zero attached hydrogens (tertiary/aromatic N) is 2. The van der Waals surface area contributed by atoms with Crippen molar-refractivity contribution >= 4 is 58.2 Å². The van der Waals surface area contributed by atoms with E-state index in [4.69, 9.17) is 28.6 Å². The molecule has 0 spiro atoms. The van der Waals surface area contributed by atoms with Gasteiger partial charge in [-0.25, -0.2) is 0 Å². The van der Waals surface area contributed by atoms with Crippen LogP contribution in [-0.4, -0.2) is 43.2 Å². The van der Waals surface area contributed by atoms with E-state index in [1.807, 2.05) is 25.1 Å². The Morgan fingerprint density at radius 1 is 1.10 bits per heavy atom. The number of morpholine rings is 1. The number of carbonyl (C=O) groups is 2. The van der Waals surface area contributed by atoms with Gasteiger partial charge < -0.3 is 9.64 Å². The van der Waals surface area contributed by atoms with Crippen LogP contribution in [0.3, 0.4) is 0 Å². The van der Waals surface area contributed by atoms with Crippen molar-refractivity contribution in [2.45, 2.75) is 13.8 Å². The van der Waals surface area contributed by atoms with Gasteiger partial charge in [0.15, 0.2) is 5.11 Å². The van der Waals surface area contributed by atoms with E-state index in [1.165, 1.54) is 4.90 Å². The molecule has 2 heterocycles. The van der Waals surface area contributed by atoms with Gasteiger partial charge in [-0.05, 0) is 73.1 Å². The lowest BCUT2D eigenvalue weighted by Gasteiger charge is -2.31. The highest BCUT2D eigenvalue weighted by atomic mass is 35.5. The summed E-state index contributed by atoms with van der Waals surface area (Å²) in [6, 6.07) is 11.1. The van der Waals surface area contributed by atoms with Gasteiger partial charge in [-0.3, -0.25) is 19.8 Å². The molecule has 0 unspecified atom stereocenters. The number of ether oxygens (including phenoxy) is 1. The Hall–Kier alpha value is -2.74. The number of halogens is 1. The highest BCUT2D eigenvalue weighted by molar-refractivity contribution is 7.80. The van der Waals surface area contributed by atoms with E-state index in [9.17, 15) is 9.59 Å². The SMILES string of the molecule is Cc1cc(/C=C2\C(=O)NC(=S)N(c3cccc(Cl)c3C)C2=O)ccc1N1CCOCC1. The van der Waals surface area contributed by atoms with Gasteiger partial charge in [0.1, 0.15) is 5.57 Å². The molecule has 6 nitrogen and oxygen atoms in total. The Bertz CT molecular complexity index is 1110. The lowest BCUT2D eigenvalue weighted by molar-refractivity contribution is -0.122. The maximum atomic E-state index is 13.3. The monoisotopic (exact) mass is 455 g/mol. The van der Waals surface area contributed by atoms with Crippen molar-refractivity contribution in [2.75, 3.05) is 36.1 Å². The first-order valence-electron chi connectivity index (χ1n) is 9.96. The second kappa shape index (κ2) is 8.78. The van der Waals surface area contributed by atoms with Crippen molar-refractivity contribution in [1.29, 1.82) is 0 Å². The van der Waals surface area contributed by atoms with E-state index in [1.54, 1.807) is 31.2 Å². The van der Waals surface area contributed by atoms with Crippen LogP contribution in [0.4, 0.5) is 11.4 Å². The number of hydrogen-bond donors (Lipinski definition) is 1. The molecule has 31 heavy (non-hydrogen) atoms. The van der Waals surface area contributed by atoms with Gasteiger partial charge in [-0.2, -0.15) is 0 Å². The molecular weight excluding hydrogens is 434 g/mol. The average Bonchev–Trinajstić information content (AvgIpc) is 2.75. The molecule has 1 N–H and O–H groups in total. The fourth-order valence-corrected chi connectivity index (χ4v) is 4.25. The van der Waals surface area contributed by atoms with Crippen LogP contribution < -0.4 is 15.1 Å². The van der Waals surface area contributed by atoms with E-state index in [2.05, 4.69) is 10.2 Å². The van der Waals surface area contributed by atoms with Gasteiger partial charge in [-0.1, -0.05) is 23.7 Å². The summed E-state index contributed by atoms with van der Waals surface area (Å²) in [6.07, 6.45) is 1.60. The molecule has 2 fully saturated rings. The number of hydrogen-bond acceptors (Lipinski definition) is 5. The Morgan fingerprint density at radius 2 is 1.84 bits per heavy atom. The van der Waals surface area contributed by atoms with Crippen LogP contribution in [0.2, 0.25) is 5.02 Å². The second-order valence-corrected chi connectivity index (χ2v) is 8.28. The van der Waals surface area contributed by atoms with Crippen molar-refractivity contribution < 1.29 is 14.3 Å². The molecule has 4 rings (SSSR count). The van der Waals surface area contributed by atoms with Gasteiger partial charge in [0.2, 0.25) is 0 Å². The van der Waals surface area contributed by atoms with Crippen LogP contribution in [-0.2, 0) is 14.3 Å². The van der Waals surface area contributed by atoms with Gasteiger partial charge >= 0.3 is 0 Å². The third-order valence-electron chi connectivity index (χ3n) is 5.47. The third kappa shape index (κ3) is 4.21. The maximum absolute atomic E-state index is 13.3. The predicted octanol–water partition coefficient (Wildman–Crippen LogP) is 3.62. The maximum Gasteiger partial charge on any atom is 0.270 e. The molecule has 2 amide bonds. The standard InChI is InChI=1S/C23H22ClN3O3S/c1-14-12-16(6-7-19(14)26-8-10-30-11-9-26)13-17-21(28)25-23(31)27(22(17)29)20-5-3-4-18(24)15(20)2/h3-7,12-13H,8-11H2,1-2H3,(H,25,28,31)/b17-13+. The Labute approximate surface area is 191 Å². The summed E-state index contributed by atoms with van der Waals surface area (Å²) in [7, 11) is 0. The summed E-state index contributed by atoms with van der Waals surface area (Å²) in [5.74, 6) is -0.991. The molecule has 2 aromatic rings. The Morgan fingerprint density at radius 3 is 2.55 bits per heavy atom. The van der Waals surface area contributed by atoms with Crippen LogP contribution >= 0.6 is 23.8 Å². The molecule has 160 valence electrons. The van der Waals surface area contributed by atoms with Gasteiger partial charge in [-0.15, -0.1) is 0 Å². The Kier molecular flexibility index (Phi) is 6.09. The molecule has 2 aromatic carbocycles. The quantitative estimate of drug-likeness (QED) is 0.435. The summed E-state index contributed by atoms with van der Waals surface area (Å²) < 4.78 is 5.42. The minimum absolute atomic E-state index is 0.0199. The van der Waals surface area contributed by atoms with Crippen LogP contribution in [0.1, 0.15) is 16.7 Å². The molecule has 2 aliphatic heterocycles. The average molecular weight is 456 g/mol. The molecule has 0 radical (unpaired) electrons. The van der Waals surface area contributed by atoms with Crippen molar-refractivity contribution in [2.24, 2.45) is 0 Å². The zero-order valence-electron chi connectivity index (χ0n) is 17.3. The predicted molar refractivity (Wildman–Crippen MR) is 127 cm³/mol. The van der Waals surface area contributed by atoms with Crippen LogP contribution in [0.25, 0.3) is 6.08 Å². The Balaban J connectivity index is 1.67. The van der Waals surface area contributed by atoms with E-state index < -0.39 is 11.8 Å². The topological polar surface area (TPSA) is 61.9 Å². The third-order valence-corrected chi connectivity index (χ3v) is 6.16. The summed E-state index contributed by atoms with van der Waals surface area (Å²) >= 11 is 11.5. The molecule has 0 aromatic heterocycles. The molecule has 0 atom stereocenters. The van der Waals surface area contributed by atoms with Gasteiger partial charge in [0.05, 0.1) is 18.9 Å². The first kappa shape index (κ1) is 21.5. The highest BCUT2D eigenvalue weighted by Gasteiger charge is 2.35. The number of nitrogens with one attached hydrogen (secondary N) is 1. The van der Waals surface area contributed by atoms with Crippen molar-refractivity contribution in [3.8, 4) is 0 Å². The van der Waals surface area contributed by atoms with E-state index in [0.717, 1.165) is 29.9 Å². The fourth-order valence-electron chi connectivity index (χ4n) is 3.81. The summed E-state index contributed by atoms with van der Waals surface area (Å²) in [5.41, 5.74) is 4.24. The fraction of sp³-hybridized carbons (Fsp3) is 0.261. The van der Waals surface area contributed by atoms with Crippen LogP contribution in [0.15, 0.2) is 42.0 Å². The number of carbonyl (C=O) groups excluding carboxylic acids is 2. The van der Waals surface area contributed by atoms with Gasteiger partial charge in [0, 0.05) is 23.8 Å². The largest absolute Gasteiger partial charge is 0.378 e. The van der Waals surface area contributed by atoms with E-state index in [0.29, 0.717) is 29.5 Å². The molecule has 8 heteroatoms. The minimum Gasteiger partial charge on any atom is -0.378 e. The zero-order chi connectivity index (χ0) is 22.1. The molecule has 2 saturated heterocycles. The molecule has 0 saturated carbocycles. The van der Waals surface area contributed by atoms with Gasteiger partial charge in [0.25, 0.3) is 11.8 Å². The number of amides is 2. The van der Waals surface area contributed by atoms with Crippen molar-refractivity contribution in [3.05, 3.63) is 63.7 Å². The number of benzene rings is 2. The first-order chi connectivity index (χ1) is 14.9. The van der Waals surface area contributed by atoms with Crippen molar-refractivity contribution in [3.63, 3.8) is 0 Å². The summed E-state index contributed by atoms with van der Waals surface area (Å²) in [6.45, 7) is 6.92. The lowest BCUT2D eigenvalue weighted by atomic mass is 10.0. The molecule has 0 aliphatic carbocycles. The molecular formula is C23H22ClN3O3S. The first-order valence-corrected chi connectivity index (χ1v) is 10.8. The highest BCUT2D eigenvalue weighted by Crippen LogP contribution is 2.30. The number of thiocarbonyl (C=S) groups is 1. The van der Waals surface area contributed by atoms with Crippen molar-refractivity contribution in [1.82, 2.24) is 5.32 Å². The molecule has 0 bridgehead atoms. The normalized spacial score (nSPS) is 18.5.